The molecule has 0 fully saturated rings. The maximum absolute atomic E-state index is 9.30. The summed E-state index contributed by atoms with van der Waals surface area (Å²) < 4.78 is 0. The van der Waals surface area contributed by atoms with Gasteiger partial charge in [0, 0.05) is 6.54 Å². The van der Waals surface area contributed by atoms with E-state index in [0.29, 0.717) is 13.1 Å². The standard InChI is InChI=1S/C8H15NO/c1-5-6-9(4)7-8(2,3)10/h1,10H,6-7H2,2-4H3. The summed E-state index contributed by atoms with van der Waals surface area (Å²) in [7, 11) is 1.89. The van der Waals surface area contributed by atoms with Crippen LogP contribution in [0.5, 0.6) is 0 Å². The van der Waals surface area contributed by atoms with Crippen LogP contribution in [0, 0.1) is 12.3 Å². The van der Waals surface area contributed by atoms with Crippen LogP contribution in [0.25, 0.3) is 0 Å². The van der Waals surface area contributed by atoms with Gasteiger partial charge in [0.25, 0.3) is 0 Å². The minimum atomic E-state index is -0.647. The van der Waals surface area contributed by atoms with Gasteiger partial charge in [-0.15, -0.1) is 6.42 Å². The maximum Gasteiger partial charge on any atom is 0.0718 e. The Labute approximate surface area is 62.8 Å². The Balaban J connectivity index is 3.60. The van der Waals surface area contributed by atoms with Crippen molar-refractivity contribution in [2.45, 2.75) is 19.4 Å². The van der Waals surface area contributed by atoms with Gasteiger partial charge >= 0.3 is 0 Å². The molecule has 0 saturated heterocycles. The topological polar surface area (TPSA) is 23.5 Å². The van der Waals surface area contributed by atoms with Crippen LogP contribution in [-0.2, 0) is 0 Å². The summed E-state index contributed by atoms with van der Waals surface area (Å²) in [5.41, 5.74) is -0.647. The molecule has 0 spiro atoms. The third-order valence-electron chi connectivity index (χ3n) is 1.02. The molecule has 0 aliphatic heterocycles. The zero-order valence-electron chi connectivity index (χ0n) is 6.89. The van der Waals surface area contributed by atoms with Crippen molar-refractivity contribution in [3.63, 3.8) is 0 Å². The fourth-order valence-electron chi connectivity index (χ4n) is 0.872. The van der Waals surface area contributed by atoms with E-state index < -0.39 is 5.60 Å². The Bertz CT molecular complexity index is 129. The van der Waals surface area contributed by atoms with E-state index in [1.54, 1.807) is 13.8 Å². The van der Waals surface area contributed by atoms with Gasteiger partial charge in [-0.25, -0.2) is 0 Å². The van der Waals surface area contributed by atoms with E-state index in [4.69, 9.17) is 6.42 Å². The van der Waals surface area contributed by atoms with Crippen molar-refractivity contribution in [2.24, 2.45) is 0 Å². The first-order chi connectivity index (χ1) is 4.45. The van der Waals surface area contributed by atoms with Crippen LogP contribution in [-0.4, -0.2) is 35.7 Å². The van der Waals surface area contributed by atoms with Crippen LogP contribution in [0.2, 0.25) is 0 Å². The molecule has 0 aliphatic rings. The molecule has 0 amide bonds. The molecule has 0 aromatic carbocycles. The van der Waals surface area contributed by atoms with Crippen LogP contribution in [0.1, 0.15) is 13.8 Å². The summed E-state index contributed by atoms with van der Waals surface area (Å²) in [5.74, 6) is 2.50. The van der Waals surface area contributed by atoms with E-state index in [1.165, 1.54) is 0 Å². The summed E-state index contributed by atoms with van der Waals surface area (Å²) in [5, 5.41) is 9.30. The highest BCUT2D eigenvalue weighted by Gasteiger charge is 2.14. The number of terminal acetylenes is 1. The van der Waals surface area contributed by atoms with Gasteiger partial charge < -0.3 is 5.11 Å². The molecule has 0 rings (SSSR count). The fraction of sp³-hybridized carbons (Fsp3) is 0.750. The molecule has 0 aromatic heterocycles. The fourth-order valence-corrected chi connectivity index (χ4v) is 0.872. The van der Waals surface area contributed by atoms with Gasteiger partial charge in [-0.1, -0.05) is 5.92 Å². The van der Waals surface area contributed by atoms with E-state index in [9.17, 15) is 5.11 Å². The molecule has 0 heterocycles. The first-order valence-corrected chi connectivity index (χ1v) is 3.30. The van der Waals surface area contributed by atoms with Crippen molar-refractivity contribution in [2.75, 3.05) is 20.1 Å². The Kier molecular flexibility index (Phi) is 3.41. The van der Waals surface area contributed by atoms with E-state index in [0.717, 1.165) is 0 Å². The van der Waals surface area contributed by atoms with E-state index >= 15 is 0 Å². The van der Waals surface area contributed by atoms with Gasteiger partial charge in [-0.05, 0) is 20.9 Å². The molecule has 0 atom stereocenters. The second-order valence-electron chi connectivity index (χ2n) is 3.19. The lowest BCUT2D eigenvalue weighted by Crippen LogP contribution is -2.36. The highest BCUT2D eigenvalue weighted by molar-refractivity contribution is 4.88. The van der Waals surface area contributed by atoms with Crippen LogP contribution in [0.3, 0.4) is 0 Å². The van der Waals surface area contributed by atoms with Crippen molar-refractivity contribution in [1.82, 2.24) is 4.90 Å². The Hall–Kier alpha value is -0.520. The number of aliphatic hydroxyl groups is 1. The van der Waals surface area contributed by atoms with Gasteiger partial charge in [-0.3, -0.25) is 4.90 Å². The molecule has 10 heavy (non-hydrogen) atoms. The van der Waals surface area contributed by atoms with Crippen LogP contribution < -0.4 is 0 Å². The Morgan fingerprint density at radius 1 is 1.60 bits per heavy atom. The van der Waals surface area contributed by atoms with E-state index in [1.807, 2.05) is 11.9 Å². The summed E-state index contributed by atoms with van der Waals surface area (Å²) in [4.78, 5) is 1.90. The highest BCUT2D eigenvalue weighted by atomic mass is 16.3. The number of rotatable bonds is 3. The normalized spacial score (nSPS) is 11.6. The molecule has 58 valence electrons. The molecule has 0 aliphatic carbocycles. The van der Waals surface area contributed by atoms with Gasteiger partial charge in [-0.2, -0.15) is 0 Å². The third kappa shape index (κ3) is 5.61. The molecule has 0 aromatic rings. The molecule has 0 saturated carbocycles. The van der Waals surface area contributed by atoms with Crippen molar-refractivity contribution in [3.8, 4) is 12.3 Å². The summed E-state index contributed by atoms with van der Waals surface area (Å²) >= 11 is 0. The maximum atomic E-state index is 9.30. The van der Waals surface area contributed by atoms with Gasteiger partial charge in [0.2, 0.25) is 0 Å². The lowest BCUT2D eigenvalue weighted by Gasteiger charge is -2.23. The predicted octanol–water partition coefficient (Wildman–Crippen LogP) is 0.322. The van der Waals surface area contributed by atoms with Crippen LogP contribution in [0.15, 0.2) is 0 Å². The molecule has 2 nitrogen and oxygen atoms in total. The number of likely N-dealkylation sites (N-methyl/N-ethyl adjacent to an activating group) is 1. The van der Waals surface area contributed by atoms with Gasteiger partial charge in [0.1, 0.15) is 0 Å². The van der Waals surface area contributed by atoms with Gasteiger partial charge in [0.15, 0.2) is 0 Å². The summed E-state index contributed by atoms with van der Waals surface area (Å²) in [6.07, 6.45) is 5.07. The zero-order valence-corrected chi connectivity index (χ0v) is 6.89. The highest BCUT2D eigenvalue weighted by Crippen LogP contribution is 2.01. The third-order valence-corrected chi connectivity index (χ3v) is 1.02. The van der Waals surface area contributed by atoms with Crippen molar-refractivity contribution < 1.29 is 5.11 Å². The lowest BCUT2D eigenvalue weighted by molar-refractivity contribution is 0.0485. The number of nitrogens with zero attached hydrogens (tertiary/aromatic N) is 1. The molecular formula is C8H15NO. The van der Waals surface area contributed by atoms with Crippen molar-refractivity contribution in [3.05, 3.63) is 0 Å². The molecule has 0 radical (unpaired) electrons. The second kappa shape index (κ2) is 3.60. The molecule has 2 heteroatoms. The first-order valence-electron chi connectivity index (χ1n) is 3.30. The first kappa shape index (κ1) is 9.48. The Morgan fingerprint density at radius 3 is 2.40 bits per heavy atom. The van der Waals surface area contributed by atoms with Crippen molar-refractivity contribution in [1.29, 1.82) is 0 Å². The van der Waals surface area contributed by atoms with E-state index in [2.05, 4.69) is 5.92 Å². The molecular weight excluding hydrogens is 126 g/mol. The lowest BCUT2D eigenvalue weighted by atomic mass is 10.1. The largest absolute Gasteiger partial charge is 0.389 e. The second-order valence-corrected chi connectivity index (χ2v) is 3.19. The monoisotopic (exact) mass is 141 g/mol. The van der Waals surface area contributed by atoms with Gasteiger partial charge in [0.05, 0.1) is 12.1 Å². The number of hydrogen-bond donors (Lipinski definition) is 1. The van der Waals surface area contributed by atoms with Crippen molar-refractivity contribution >= 4 is 0 Å². The average molecular weight is 141 g/mol. The summed E-state index contributed by atoms with van der Waals surface area (Å²) in [6.45, 7) is 4.72. The quantitative estimate of drug-likeness (QED) is 0.572. The summed E-state index contributed by atoms with van der Waals surface area (Å²) in [6, 6.07) is 0. The molecule has 0 bridgehead atoms. The predicted molar refractivity (Wildman–Crippen MR) is 42.6 cm³/mol. The minimum Gasteiger partial charge on any atom is -0.389 e. The zero-order chi connectivity index (χ0) is 8.20. The Morgan fingerprint density at radius 2 is 2.10 bits per heavy atom. The number of hydrogen-bond acceptors (Lipinski definition) is 2. The van der Waals surface area contributed by atoms with E-state index in [-0.39, 0.29) is 0 Å². The molecule has 0 unspecified atom stereocenters. The SMILES string of the molecule is C#CCN(C)CC(C)(C)O. The van der Waals surface area contributed by atoms with Crippen LogP contribution in [0.4, 0.5) is 0 Å². The minimum absolute atomic E-state index is 0.587. The average Bonchev–Trinajstić information content (AvgIpc) is 1.59. The van der Waals surface area contributed by atoms with Crippen LogP contribution >= 0.6 is 0 Å². The molecule has 1 N–H and O–H groups in total. The smallest absolute Gasteiger partial charge is 0.0718 e.